The van der Waals surface area contributed by atoms with Crippen molar-refractivity contribution in [3.63, 3.8) is 0 Å². The Bertz CT molecular complexity index is 737. The Morgan fingerprint density at radius 2 is 1.96 bits per heavy atom. The first-order valence-electron chi connectivity index (χ1n) is 9.23. The normalized spacial score (nSPS) is 26.6. The summed E-state index contributed by atoms with van der Waals surface area (Å²) in [5, 5.41) is 1.06. The second kappa shape index (κ2) is 7.71. The summed E-state index contributed by atoms with van der Waals surface area (Å²) in [6.45, 7) is 5.27. The molecule has 2 heterocycles. The van der Waals surface area contributed by atoms with Crippen LogP contribution in [0, 0.1) is 5.92 Å². The minimum Gasteiger partial charge on any atom is -0.345 e. The maximum atomic E-state index is 13.0. The number of piperazine rings is 1. The fourth-order valence-electron chi connectivity index (χ4n) is 4.10. The third kappa shape index (κ3) is 3.68. The summed E-state index contributed by atoms with van der Waals surface area (Å²) in [5.41, 5.74) is 7.13. The van der Waals surface area contributed by atoms with E-state index in [-0.39, 0.29) is 29.8 Å². The van der Waals surface area contributed by atoms with E-state index in [1.54, 1.807) is 11.3 Å². The molecule has 1 aliphatic heterocycles. The van der Waals surface area contributed by atoms with Crippen LogP contribution < -0.4 is 10.6 Å². The van der Waals surface area contributed by atoms with E-state index in [1.807, 2.05) is 17.9 Å². The van der Waals surface area contributed by atoms with Crippen LogP contribution in [0.2, 0.25) is 0 Å². The molecule has 2 N–H and O–H groups in total. The van der Waals surface area contributed by atoms with Crippen molar-refractivity contribution in [1.82, 2.24) is 9.88 Å². The van der Waals surface area contributed by atoms with Crippen LogP contribution >= 0.6 is 23.7 Å². The van der Waals surface area contributed by atoms with Gasteiger partial charge in [0.1, 0.15) is 0 Å². The lowest BCUT2D eigenvalue weighted by atomic mass is 9.74. The highest BCUT2D eigenvalue weighted by molar-refractivity contribution is 7.22. The number of hydrogen-bond donors (Lipinski definition) is 1. The second-order valence-electron chi connectivity index (χ2n) is 7.58. The van der Waals surface area contributed by atoms with Gasteiger partial charge >= 0.3 is 0 Å². The predicted octanol–water partition coefficient (Wildman–Crippen LogP) is 3.27. The minimum atomic E-state index is -0.348. The number of nitrogens with two attached hydrogens (primary N) is 1. The van der Waals surface area contributed by atoms with Crippen molar-refractivity contribution in [1.29, 1.82) is 0 Å². The molecule has 2 atom stereocenters. The van der Waals surface area contributed by atoms with Crippen molar-refractivity contribution >= 4 is 45.0 Å². The molecule has 1 amide bonds. The molecule has 1 saturated carbocycles. The molecule has 0 radical (unpaired) electrons. The van der Waals surface area contributed by atoms with E-state index in [9.17, 15) is 4.79 Å². The Labute approximate surface area is 165 Å². The van der Waals surface area contributed by atoms with Crippen molar-refractivity contribution in [2.75, 3.05) is 31.1 Å². The monoisotopic (exact) mass is 394 g/mol. The number of aromatic nitrogens is 1. The quantitative estimate of drug-likeness (QED) is 0.849. The standard InChI is InChI=1S/C19H26N4OS.ClH/c1-19(20)9-5-4-6-14(19)17(24)22-10-12-23(13-11-22)18-21-15-7-2-3-8-16(15)25-18;/h2-3,7-8,14H,4-6,9-13,20H2,1H3;1H. The van der Waals surface area contributed by atoms with Crippen LogP contribution in [0.15, 0.2) is 24.3 Å². The van der Waals surface area contributed by atoms with Gasteiger partial charge < -0.3 is 15.5 Å². The van der Waals surface area contributed by atoms with Gasteiger partial charge in [-0.2, -0.15) is 0 Å². The SMILES string of the molecule is CC1(N)CCCCC1C(=O)N1CCN(c2nc3ccccc3s2)CC1.Cl. The highest BCUT2D eigenvalue weighted by Crippen LogP contribution is 2.34. The molecule has 0 bridgehead atoms. The molecule has 2 unspecified atom stereocenters. The molecule has 2 aliphatic rings. The molecule has 142 valence electrons. The van der Waals surface area contributed by atoms with Crippen molar-refractivity contribution in [2.24, 2.45) is 11.7 Å². The predicted molar refractivity (Wildman–Crippen MR) is 110 cm³/mol. The Morgan fingerprint density at radius 3 is 2.65 bits per heavy atom. The summed E-state index contributed by atoms with van der Waals surface area (Å²) in [4.78, 5) is 22.0. The van der Waals surface area contributed by atoms with Crippen LogP contribution in [0.1, 0.15) is 32.6 Å². The summed E-state index contributed by atoms with van der Waals surface area (Å²) in [7, 11) is 0. The van der Waals surface area contributed by atoms with Crippen LogP contribution in [0.5, 0.6) is 0 Å². The van der Waals surface area contributed by atoms with E-state index in [0.29, 0.717) is 0 Å². The van der Waals surface area contributed by atoms with Crippen LogP contribution in [0.3, 0.4) is 0 Å². The second-order valence-corrected chi connectivity index (χ2v) is 8.59. The smallest absolute Gasteiger partial charge is 0.227 e. The number of benzene rings is 1. The molecule has 2 fully saturated rings. The molecule has 5 nitrogen and oxygen atoms in total. The molecule has 7 heteroatoms. The van der Waals surface area contributed by atoms with Gasteiger partial charge in [-0.25, -0.2) is 4.98 Å². The van der Waals surface area contributed by atoms with E-state index in [4.69, 9.17) is 10.7 Å². The number of amides is 1. The van der Waals surface area contributed by atoms with Gasteiger partial charge in [0.15, 0.2) is 5.13 Å². The van der Waals surface area contributed by atoms with Gasteiger partial charge in [-0.15, -0.1) is 12.4 Å². The van der Waals surface area contributed by atoms with Crippen molar-refractivity contribution in [3.05, 3.63) is 24.3 Å². The molecule has 1 aromatic heterocycles. The summed E-state index contributed by atoms with van der Waals surface area (Å²) in [6, 6.07) is 8.24. The zero-order valence-corrected chi connectivity index (χ0v) is 16.8. The Morgan fingerprint density at radius 1 is 1.23 bits per heavy atom. The van der Waals surface area contributed by atoms with E-state index in [1.165, 1.54) is 4.70 Å². The molecule has 4 rings (SSSR count). The number of thiazole rings is 1. The Kier molecular flexibility index (Phi) is 5.75. The number of halogens is 1. The van der Waals surface area contributed by atoms with Gasteiger partial charge in [0.25, 0.3) is 0 Å². The Hall–Kier alpha value is -1.37. The molecule has 26 heavy (non-hydrogen) atoms. The lowest BCUT2D eigenvalue weighted by Gasteiger charge is -2.42. The maximum absolute atomic E-state index is 13.0. The summed E-state index contributed by atoms with van der Waals surface area (Å²) in [6.07, 6.45) is 4.15. The van der Waals surface area contributed by atoms with E-state index in [0.717, 1.165) is 62.5 Å². The zero-order chi connectivity index (χ0) is 17.4. The summed E-state index contributed by atoms with van der Waals surface area (Å²) in [5.74, 6) is 0.240. The van der Waals surface area contributed by atoms with Gasteiger partial charge in [0, 0.05) is 31.7 Å². The average Bonchev–Trinajstić information content (AvgIpc) is 3.05. The number of fused-ring (bicyclic) bond motifs is 1. The third-order valence-electron chi connectivity index (χ3n) is 5.70. The first-order chi connectivity index (χ1) is 12.0. The fourth-order valence-corrected chi connectivity index (χ4v) is 5.11. The fraction of sp³-hybridized carbons (Fsp3) is 0.579. The summed E-state index contributed by atoms with van der Waals surface area (Å²) >= 11 is 1.73. The van der Waals surface area contributed by atoms with Gasteiger partial charge in [-0.1, -0.05) is 36.3 Å². The molecule has 2 aromatic rings. The highest BCUT2D eigenvalue weighted by atomic mass is 35.5. The van der Waals surface area contributed by atoms with Gasteiger partial charge in [-0.05, 0) is 31.9 Å². The number of carbonyl (C=O) groups is 1. The summed E-state index contributed by atoms with van der Waals surface area (Å²) < 4.78 is 1.22. The van der Waals surface area contributed by atoms with Crippen LogP contribution in [0.4, 0.5) is 5.13 Å². The minimum absolute atomic E-state index is 0. The van der Waals surface area contributed by atoms with Gasteiger partial charge in [-0.3, -0.25) is 4.79 Å². The molecule has 1 saturated heterocycles. The number of nitrogens with zero attached hydrogens (tertiary/aromatic N) is 3. The number of rotatable bonds is 2. The number of carbonyl (C=O) groups excluding carboxylic acids is 1. The van der Waals surface area contributed by atoms with E-state index < -0.39 is 0 Å². The number of hydrogen-bond acceptors (Lipinski definition) is 5. The number of para-hydroxylation sites is 1. The third-order valence-corrected chi connectivity index (χ3v) is 6.79. The molecular weight excluding hydrogens is 368 g/mol. The lowest BCUT2D eigenvalue weighted by molar-refractivity contribution is -0.139. The first kappa shape index (κ1) is 19.4. The van der Waals surface area contributed by atoms with Gasteiger partial charge in [0.2, 0.25) is 5.91 Å². The lowest BCUT2D eigenvalue weighted by Crippen LogP contribution is -2.57. The van der Waals surface area contributed by atoms with Crippen molar-refractivity contribution < 1.29 is 4.79 Å². The highest BCUT2D eigenvalue weighted by Gasteiger charge is 2.40. The van der Waals surface area contributed by atoms with Crippen LogP contribution in [0.25, 0.3) is 10.2 Å². The van der Waals surface area contributed by atoms with E-state index in [2.05, 4.69) is 23.1 Å². The Balaban J connectivity index is 0.00000196. The van der Waals surface area contributed by atoms with Crippen LogP contribution in [-0.2, 0) is 4.79 Å². The maximum Gasteiger partial charge on any atom is 0.227 e. The average molecular weight is 395 g/mol. The van der Waals surface area contributed by atoms with Crippen LogP contribution in [-0.4, -0.2) is 47.5 Å². The van der Waals surface area contributed by atoms with E-state index >= 15 is 0 Å². The molecule has 1 aliphatic carbocycles. The molecular formula is C19H27ClN4OS. The topological polar surface area (TPSA) is 62.5 Å². The first-order valence-corrected chi connectivity index (χ1v) is 10.0. The molecule has 0 spiro atoms. The molecule has 1 aromatic carbocycles. The van der Waals surface area contributed by atoms with Crippen molar-refractivity contribution in [2.45, 2.75) is 38.1 Å². The van der Waals surface area contributed by atoms with Gasteiger partial charge in [0.05, 0.1) is 16.1 Å². The van der Waals surface area contributed by atoms with Crippen molar-refractivity contribution in [3.8, 4) is 0 Å². The largest absolute Gasteiger partial charge is 0.345 e. The zero-order valence-electron chi connectivity index (χ0n) is 15.2. The number of anilines is 1.